The van der Waals surface area contributed by atoms with Crippen molar-refractivity contribution in [2.24, 2.45) is 0 Å². The van der Waals surface area contributed by atoms with Gasteiger partial charge in [0, 0.05) is 23.9 Å². The molecule has 2 amide bonds. The van der Waals surface area contributed by atoms with Gasteiger partial charge < -0.3 is 20.1 Å². The van der Waals surface area contributed by atoms with Crippen LogP contribution in [-0.4, -0.2) is 26.8 Å². The smallest absolute Gasteiger partial charge is 0.319 e. The lowest BCUT2D eigenvalue weighted by Crippen LogP contribution is -2.28. The number of amides is 2. The Balaban J connectivity index is 1.91. The molecule has 0 atom stereocenters. The molecule has 0 saturated carbocycles. The molecule has 0 bridgehead atoms. The highest BCUT2D eigenvalue weighted by molar-refractivity contribution is 5.89. The van der Waals surface area contributed by atoms with Gasteiger partial charge in [-0.3, -0.25) is 0 Å². The van der Waals surface area contributed by atoms with Crippen molar-refractivity contribution in [2.45, 2.75) is 0 Å². The third kappa shape index (κ3) is 4.92. The van der Waals surface area contributed by atoms with E-state index in [9.17, 15) is 9.18 Å². The minimum Gasteiger partial charge on any atom is -0.497 e. The van der Waals surface area contributed by atoms with Gasteiger partial charge in [0.1, 0.15) is 17.3 Å². The van der Waals surface area contributed by atoms with Crippen LogP contribution in [0.2, 0.25) is 0 Å². The molecule has 5 nitrogen and oxygen atoms in total. The average molecular weight is 328 g/mol. The molecule has 2 rings (SSSR count). The molecule has 2 aromatic rings. The van der Waals surface area contributed by atoms with Crippen LogP contribution < -0.4 is 20.1 Å². The van der Waals surface area contributed by atoms with Crippen LogP contribution in [0.5, 0.6) is 11.5 Å². The first-order valence-electron chi connectivity index (χ1n) is 7.13. The number of nitrogens with one attached hydrogen (secondary N) is 2. The van der Waals surface area contributed by atoms with Crippen molar-refractivity contribution in [1.82, 2.24) is 5.32 Å². The molecular formula is C18H17FN2O3. The summed E-state index contributed by atoms with van der Waals surface area (Å²) in [6.45, 7) is 0.0846. The zero-order valence-corrected chi connectivity index (χ0v) is 13.4. The summed E-state index contributed by atoms with van der Waals surface area (Å²) in [5, 5.41) is 5.22. The highest BCUT2D eigenvalue weighted by Crippen LogP contribution is 2.25. The molecule has 0 aromatic heterocycles. The predicted octanol–water partition coefficient (Wildman–Crippen LogP) is 3.02. The Morgan fingerprint density at radius 1 is 1.12 bits per heavy atom. The van der Waals surface area contributed by atoms with Gasteiger partial charge in [0.05, 0.1) is 26.3 Å². The van der Waals surface area contributed by atoms with Crippen molar-refractivity contribution in [3.63, 3.8) is 0 Å². The van der Waals surface area contributed by atoms with Crippen LogP contribution in [0.1, 0.15) is 5.56 Å². The zero-order valence-electron chi connectivity index (χ0n) is 13.4. The van der Waals surface area contributed by atoms with Crippen LogP contribution in [0.3, 0.4) is 0 Å². The van der Waals surface area contributed by atoms with Gasteiger partial charge >= 0.3 is 6.03 Å². The second kappa shape index (κ2) is 8.44. The van der Waals surface area contributed by atoms with Gasteiger partial charge in [0.15, 0.2) is 0 Å². The maximum atomic E-state index is 13.4. The maximum Gasteiger partial charge on any atom is 0.319 e. The van der Waals surface area contributed by atoms with E-state index in [2.05, 4.69) is 22.5 Å². The molecule has 0 fully saturated rings. The fourth-order valence-electron chi connectivity index (χ4n) is 1.88. The molecule has 2 aromatic carbocycles. The van der Waals surface area contributed by atoms with Gasteiger partial charge in [-0.1, -0.05) is 24.0 Å². The normalized spacial score (nSPS) is 9.46. The fraction of sp³-hybridized carbons (Fsp3) is 0.167. The summed E-state index contributed by atoms with van der Waals surface area (Å²) in [7, 11) is 3.05. The largest absolute Gasteiger partial charge is 0.497 e. The number of anilines is 1. The summed E-state index contributed by atoms with van der Waals surface area (Å²) < 4.78 is 23.6. The first-order chi connectivity index (χ1) is 11.6. The van der Waals surface area contributed by atoms with Crippen molar-refractivity contribution in [3.8, 4) is 23.3 Å². The van der Waals surface area contributed by atoms with E-state index in [0.29, 0.717) is 17.2 Å². The predicted molar refractivity (Wildman–Crippen MR) is 89.8 cm³/mol. The van der Waals surface area contributed by atoms with Crippen LogP contribution in [0, 0.1) is 17.7 Å². The Labute approximate surface area is 139 Å². The molecule has 2 N–H and O–H groups in total. The molecule has 6 heteroatoms. The van der Waals surface area contributed by atoms with Gasteiger partial charge in [0.2, 0.25) is 0 Å². The number of hydrogen-bond acceptors (Lipinski definition) is 3. The Kier molecular flexibility index (Phi) is 6.03. The van der Waals surface area contributed by atoms with Gasteiger partial charge in [-0.25, -0.2) is 9.18 Å². The number of hydrogen-bond donors (Lipinski definition) is 2. The van der Waals surface area contributed by atoms with E-state index in [4.69, 9.17) is 9.47 Å². The molecule has 0 aliphatic carbocycles. The summed E-state index contributed by atoms with van der Waals surface area (Å²) in [5.41, 5.74) is 0.808. The summed E-state index contributed by atoms with van der Waals surface area (Å²) in [6.07, 6.45) is 0. The Hall–Kier alpha value is -3.20. The Morgan fingerprint density at radius 2 is 1.79 bits per heavy atom. The second-order valence-corrected chi connectivity index (χ2v) is 4.69. The molecule has 0 radical (unpaired) electrons. The first-order valence-corrected chi connectivity index (χ1v) is 7.13. The average Bonchev–Trinajstić information content (AvgIpc) is 2.59. The summed E-state index contributed by atoms with van der Waals surface area (Å²) in [5.74, 6) is 6.08. The topological polar surface area (TPSA) is 59.6 Å². The Bertz CT molecular complexity index is 759. The van der Waals surface area contributed by atoms with Crippen LogP contribution in [-0.2, 0) is 0 Å². The van der Waals surface area contributed by atoms with Crippen molar-refractivity contribution < 1.29 is 18.7 Å². The third-order valence-electron chi connectivity index (χ3n) is 3.04. The molecule has 0 unspecified atom stereocenters. The van der Waals surface area contributed by atoms with Gasteiger partial charge in [-0.2, -0.15) is 0 Å². The number of methoxy groups -OCH3 is 2. The molecule has 0 aliphatic heterocycles. The number of carbonyl (C=O) groups excluding carboxylic acids is 1. The van der Waals surface area contributed by atoms with Crippen molar-refractivity contribution in [1.29, 1.82) is 0 Å². The molecule has 124 valence electrons. The van der Waals surface area contributed by atoms with Crippen LogP contribution >= 0.6 is 0 Å². The lowest BCUT2D eigenvalue weighted by atomic mass is 10.2. The Morgan fingerprint density at radius 3 is 2.42 bits per heavy atom. The number of carbonyl (C=O) groups is 1. The van der Waals surface area contributed by atoms with Crippen molar-refractivity contribution >= 4 is 11.7 Å². The van der Waals surface area contributed by atoms with E-state index < -0.39 is 11.8 Å². The lowest BCUT2D eigenvalue weighted by Gasteiger charge is -2.09. The van der Waals surface area contributed by atoms with E-state index in [1.54, 1.807) is 36.4 Å². The van der Waals surface area contributed by atoms with Crippen LogP contribution in [0.25, 0.3) is 0 Å². The third-order valence-corrected chi connectivity index (χ3v) is 3.04. The molecular weight excluding hydrogens is 311 g/mol. The van der Waals surface area contributed by atoms with Crippen LogP contribution in [0.15, 0.2) is 42.5 Å². The van der Waals surface area contributed by atoms with Crippen molar-refractivity contribution in [3.05, 3.63) is 53.8 Å². The van der Waals surface area contributed by atoms with E-state index in [-0.39, 0.29) is 12.1 Å². The minimum atomic E-state index is -0.437. The monoisotopic (exact) mass is 328 g/mol. The van der Waals surface area contributed by atoms with E-state index in [1.165, 1.54) is 20.3 Å². The number of ether oxygens (including phenoxy) is 2. The number of urea groups is 1. The highest BCUT2D eigenvalue weighted by atomic mass is 19.1. The maximum absolute atomic E-state index is 13.4. The molecule has 0 saturated heterocycles. The molecule has 0 aliphatic rings. The first kappa shape index (κ1) is 17.2. The quantitative estimate of drug-likeness (QED) is 0.848. The van der Waals surface area contributed by atoms with Gasteiger partial charge in [0.25, 0.3) is 0 Å². The van der Waals surface area contributed by atoms with Gasteiger partial charge in [-0.15, -0.1) is 0 Å². The van der Waals surface area contributed by atoms with E-state index in [1.807, 2.05) is 0 Å². The van der Waals surface area contributed by atoms with Crippen LogP contribution in [0.4, 0.5) is 14.9 Å². The number of rotatable bonds is 4. The second-order valence-electron chi connectivity index (χ2n) is 4.69. The molecule has 0 spiro atoms. The van der Waals surface area contributed by atoms with E-state index in [0.717, 1.165) is 0 Å². The summed E-state index contributed by atoms with van der Waals surface area (Å²) in [4.78, 5) is 11.8. The standard InChI is InChI=1S/C18H17FN2O3/c1-23-15-10-14(11-16(12-15)24-2)21-18(22)20-9-5-7-13-6-3-4-8-17(13)19/h3-4,6,8,10-12H,9H2,1-2H3,(H2,20,21,22). The molecule has 0 heterocycles. The van der Waals surface area contributed by atoms with Crippen molar-refractivity contribution in [2.75, 3.05) is 26.1 Å². The molecule has 24 heavy (non-hydrogen) atoms. The zero-order chi connectivity index (χ0) is 17.4. The minimum absolute atomic E-state index is 0.0846. The number of benzene rings is 2. The lowest BCUT2D eigenvalue weighted by molar-refractivity contribution is 0.253. The summed E-state index contributed by atoms with van der Waals surface area (Å²) in [6, 6.07) is 10.8. The highest BCUT2D eigenvalue weighted by Gasteiger charge is 2.05. The SMILES string of the molecule is COc1cc(NC(=O)NCC#Cc2ccccc2F)cc(OC)c1. The fourth-order valence-corrected chi connectivity index (χ4v) is 1.88. The number of halogens is 1. The van der Waals surface area contributed by atoms with Gasteiger partial charge in [-0.05, 0) is 12.1 Å². The van der Waals surface area contributed by atoms with E-state index >= 15 is 0 Å². The summed E-state index contributed by atoms with van der Waals surface area (Å²) >= 11 is 0.